The summed E-state index contributed by atoms with van der Waals surface area (Å²) in [5.74, 6) is -0.0957. The van der Waals surface area contributed by atoms with Crippen LogP contribution in [0.5, 0.6) is 0 Å². The molecular formula is C17H24O3. The predicted octanol–water partition coefficient (Wildman–Crippen LogP) is 4.94. The van der Waals surface area contributed by atoms with E-state index in [9.17, 15) is 4.79 Å². The topological polar surface area (TPSA) is 39.4 Å². The molecule has 0 saturated carbocycles. The zero-order valence-electron chi connectivity index (χ0n) is 12.1. The lowest BCUT2D eigenvalue weighted by atomic mass is 10.1. The number of cyclic esters (lactones) is 1. The average Bonchev–Trinajstić information content (AvgIpc) is 2.97. The Balaban J connectivity index is 1.96. The molecule has 2 rings (SSSR count). The third-order valence-corrected chi connectivity index (χ3v) is 3.71. The summed E-state index contributed by atoms with van der Waals surface area (Å²) in [5.41, 5.74) is 0.940. The molecule has 1 aromatic heterocycles. The van der Waals surface area contributed by atoms with E-state index >= 15 is 0 Å². The van der Waals surface area contributed by atoms with Crippen LogP contribution in [0, 0.1) is 0 Å². The van der Waals surface area contributed by atoms with Crippen molar-refractivity contribution >= 4 is 5.97 Å². The fourth-order valence-corrected chi connectivity index (χ4v) is 2.50. The van der Waals surface area contributed by atoms with Crippen LogP contribution in [0.1, 0.15) is 69.5 Å². The van der Waals surface area contributed by atoms with E-state index in [-0.39, 0.29) is 12.1 Å². The lowest BCUT2D eigenvalue weighted by molar-refractivity contribution is -0.149. The van der Waals surface area contributed by atoms with Crippen molar-refractivity contribution < 1.29 is 13.9 Å². The van der Waals surface area contributed by atoms with Gasteiger partial charge in [0, 0.05) is 18.4 Å². The van der Waals surface area contributed by atoms with Crippen molar-refractivity contribution in [1.82, 2.24) is 0 Å². The van der Waals surface area contributed by atoms with Crippen molar-refractivity contribution in [2.24, 2.45) is 0 Å². The Morgan fingerprint density at radius 2 is 1.80 bits per heavy atom. The Morgan fingerprint density at radius 3 is 2.60 bits per heavy atom. The molecule has 20 heavy (non-hydrogen) atoms. The molecule has 1 atom stereocenters. The second kappa shape index (κ2) is 8.62. The summed E-state index contributed by atoms with van der Waals surface area (Å²) in [6.45, 7) is 0. The second-order valence-corrected chi connectivity index (χ2v) is 5.40. The molecule has 0 radical (unpaired) electrons. The molecule has 0 bridgehead atoms. The highest BCUT2D eigenvalue weighted by Gasteiger charge is 2.16. The molecule has 0 saturated heterocycles. The van der Waals surface area contributed by atoms with E-state index < -0.39 is 0 Å². The molecule has 110 valence electrons. The van der Waals surface area contributed by atoms with E-state index in [0.717, 1.165) is 31.2 Å². The fraction of sp³-hybridized carbons (Fsp3) is 0.588. The molecular weight excluding hydrogens is 252 g/mol. The van der Waals surface area contributed by atoms with Crippen LogP contribution in [0.15, 0.2) is 35.2 Å². The van der Waals surface area contributed by atoms with Crippen LogP contribution in [0.4, 0.5) is 0 Å². The highest BCUT2D eigenvalue weighted by atomic mass is 16.5. The summed E-state index contributed by atoms with van der Waals surface area (Å²) >= 11 is 0. The molecule has 0 amide bonds. The van der Waals surface area contributed by atoms with Gasteiger partial charge in [-0.3, -0.25) is 4.79 Å². The van der Waals surface area contributed by atoms with Crippen LogP contribution < -0.4 is 0 Å². The van der Waals surface area contributed by atoms with Crippen molar-refractivity contribution in [2.45, 2.75) is 63.9 Å². The first-order chi connectivity index (χ1) is 9.86. The van der Waals surface area contributed by atoms with Crippen LogP contribution >= 0.6 is 0 Å². The summed E-state index contributed by atoms with van der Waals surface area (Å²) in [6, 6.07) is 1.87. The number of carbonyl (C=O) groups is 1. The molecule has 0 fully saturated rings. The van der Waals surface area contributed by atoms with Gasteiger partial charge in [-0.15, -0.1) is 0 Å². The van der Waals surface area contributed by atoms with Crippen molar-refractivity contribution in [3.05, 3.63) is 36.3 Å². The zero-order chi connectivity index (χ0) is 14.0. The normalized spacial score (nSPS) is 24.6. The van der Waals surface area contributed by atoms with E-state index in [1.807, 2.05) is 6.07 Å². The largest absolute Gasteiger partial charge is 0.472 e. The molecule has 0 spiro atoms. The minimum atomic E-state index is -0.208. The van der Waals surface area contributed by atoms with E-state index in [1.165, 1.54) is 25.7 Å². The molecule has 1 aromatic rings. The smallest absolute Gasteiger partial charge is 0.306 e. The Kier molecular flexibility index (Phi) is 6.42. The van der Waals surface area contributed by atoms with Gasteiger partial charge < -0.3 is 9.15 Å². The molecule has 3 nitrogen and oxygen atoms in total. The number of rotatable bonds is 1. The minimum absolute atomic E-state index is 0.0957. The van der Waals surface area contributed by atoms with Gasteiger partial charge in [-0.05, 0) is 25.3 Å². The first-order valence-corrected chi connectivity index (χ1v) is 7.73. The third-order valence-electron chi connectivity index (χ3n) is 3.71. The summed E-state index contributed by atoms with van der Waals surface area (Å²) < 4.78 is 10.7. The van der Waals surface area contributed by atoms with Gasteiger partial charge in [-0.2, -0.15) is 0 Å². The van der Waals surface area contributed by atoms with Gasteiger partial charge in [0.2, 0.25) is 0 Å². The maximum atomic E-state index is 11.9. The highest BCUT2D eigenvalue weighted by Crippen LogP contribution is 2.24. The van der Waals surface area contributed by atoms with E-state index in [4.69, 9.17) is 9.15 Å². The fourth-order valence-electron chi connectivity index (χ4n) is 2.50. The summed E-state index contributed by atoms with van der Waals surface area (Å²) in [4.78, 5) is 11.9. The van der Waals surface area contributed by atoms with Crippen molar-refractivity contribution in [3.8, 4) is 0 Å². The summed E-state index contributed by atoms with van der Waals surface area (Å²) in [5, 5.41) is 0. The van der Waals surface area contributed by atoms with Gasteiger partial charge in [0.25, 0.3) is 0 Å². The first kappa shape index (κ1) is 14.9. The van der Waals surface area contributed by atoms with E-state index in [1.54, 1.807) is 12.5 Å². The van der Waals surface area contributed by atoms with Crippen molar-refractivity contribution in [1.29, 1.82) is 0 Å². The SMILES string of the molecule is O=C1CCCCCCCC/C=C\CC(c2ccoc2)O1. The maximum absolute atomic E-state index is 11.9. The molecule has 0 N–H and O–H groups in total. The van der Waals surface area contributed by atoms with Crippen LogP contribution in [0.2, 0.25) is 0 Å². The summed E-state index contributed by atoms with van der Waals surface area (Å²) in [7, 11) is 0. The Labute approximate surface area is 121 Å². The van der Waals surface area contributed by atoms with Gasteiger partial charge >= 0.3 is 5.97 Å². The van der Waals surface area contributed by atoms with E-state index in [2.05, 4.69) is 12.2 Å². The Hall–Kier alpha value is -1.51. The molecule has 3 heteroatoms. The van der Waals surface area contributed by atoms with Crippen LogP contribution in [0.3, 0.4) is 0 Å². The Morgan fingerprint density at radius 1 is 1.00 bits per heavy atom. The second-order valence-electron chi connectivity index (χ2n) is 5.40. The van der Waals surface area contributed by atoms with Gasteiger partial charge in [0.1, 0.15) is 6.10 Å². The van der Waals surface area contributed by atoms with Crippen LogP contribution in [-0.2, 0) is 9.53 Å². The molecule has 1 unspecified atom stereocenters. The van der Waals surface area contributed by atoms with Gasteiger partial charge in [0.05, 0.1) is 12.5 Å². The van der Waals surface area contributed by atoms with E-state index in [0.29, 0.717) is 6.42 Å². The monoisotopic (exact) mass is 276 g/mol. The first-order valence-electron chi connectivity index (χ1n) is 7.73. The van der Waals surface area contributed by atoms with Gasteiger partial charge in [-0.25, -0.2) is 0 Å². The van der Waals surface area contributed by atoms with Gasteiger partial charge in [0.15, 0.2) is 0 Å². The Bertz CT molecular complexity index is 406. The number of furan rings is 1. The van der Waals surface area contributed by atoms with Crippen molar-refractivity contribution in [3.63, 3.8) is 0 Å². The molecule has 1 aliphatic heterocycles. The maximum Gasteiger partial charge on any atom is 0.306 e. The molecule has 1 aliphatic rings. The number of ether oxygens (including phenoxy) is 1. The van der Waals surface area contributed by atoms with Crippen molar-refractivity contribution in [2.75, 3.05) is 0 Å². The molecule has 0 aliphatic carbocycles. The zero-order valence-corrected chi connectivity index (χ0v) is 12.1. The number of allylic oxidation sites excluding steroid dienone is 1. The number of carbonyl (C=O) groups excluding carboxylic acids is 1. The third kappa shape index (κ3) is 5.24. The molecule has 2 heterocycles. The predicted molar refractivity (Wildman–Crippen MR) is 78.2 cm³/mol. The lowest BCUT2D eigenvalue weighted by Gasteiger charge is -2.15. The average molecular weight is 276 g/mol. The quantitative estimate of drug-likeness (QED) is 0.538. The number of hydrogen-bond acceptors (Lipinski definition) is 3. The van der Waals surface area contributed by atoms with Crippen LogP contribution in [0.25, 0.3) is 0 Å². The number of hydrogen-bond donors (Lipinski definition) is 0. The highest BCUT2D eigenvalue weighted by molar-refractivity contribution is 5.69. The minimum Gasteiger partial charge on any atom is -0.472 e. The van der Waals surface area contributed by atoms with Crippen LogP contribution in [-0.4, -0.2) is 5.97 Å². The molecule has 0 aromatic carbocycles. The lowest BCUT2D eigenvalue weighted by Crippen LogP contribution is -2.10. The number of esters is 1. The standard InChI is InChI=1S/C17H24O3/c18-17-11-9-7-5-3-1-2-4-6-8-10-16(20-17)15-12-13-19-14-15/h6,8,12-14,16H,1-5,7,9-11H2/b8-6-. The van der Waals surface area contributed by atoms with Gasteiger partial charge in [-0.1, -0.05) is 37.8 Å². The summed E-state index contributed by atoms with van der Waals surface area (Å²) in [6.07, 6.45) is 16.9.